The second kappa shape index (κ2) is 82.6. The van der Waals surface area contributed by atoms with Crippen LogP contribution in [0, 0.1) is 5.92 Å². The maximum Gasteiger partial charge on any atom is 0.472 e. The number of unbranched alkanes of at least 4 members (excludes halogenated alkanes) is 62. The van der Waals surface area contributed by atoms with E-state index < -0.39 is 97.5 Å². The second-order valence-electron chi connectivity index (χ2n) is 32.8. The summed E-state index contributed by atoms with van der Waals surface area (Å²) in [6.07, 6.45) is 78.0. The Morgan fingerprint density at radius 3 is 0.624 bits per heavy atom. The summed E-state index contributed by atoms with van der Waals surface area (Å²) in [4.78, 5) is 73.3. The van der Waals surface area contributed by atoms with E-state index in [1.54, 1.807) is 0 Å². The average molecular weight is 1590 g/mol. The van der Waals surface area contributed by atoms with Gasteiger partial charge in [0.2, 0.25) is 0 Å². The molecule has 0 rings (SSSR count). The monoisotopic (exact) mass is 1590 g/mol. The van der Waals surface area contributed by atoms with Gasteiger partial charge < -0.3 is 33.8 Å². The van der Waals surface area contributed by atoms with Gasteiger partial charge in [-0.05, 0) is 31.6 Å². The largest absolute Gasteiger partial charge is 0.472 e. The van der Waals surface area contributed by atoms with Crippen molar-refractivity contribution in [3.05, 3.63) is 0 Å². The third kappa shape index (κ3) is 83.8. The summed E-state index contributed by atoms with van der Waals surface area (Å²) in [7, 11) is -9.93. The Bertz CT molecular complexity index is 2070. The Labute approximate surface area is 670 Å². The van der Waals surface area contributed by atoms with Crippen LogP contribution in [0.3, 0.4) is 0 Å². The standard InChI is InChI=1S/C90H176O17P2/c1-6-9-12-15-18-21-24-27-29-31-33-35-37-39-41-43-46-48-53-58-63-68-73-87(92)100-79-85(106-90(95)76-71-66-61-55-50-47-44-42-40-38-36-34-32-30-28-25-22-19-16-13-10-7-2)81-104-108(96,97)102-77-84(91)78-103-109(98,99)105-82-86(80-101-88(93)74-69-64-59-56-51-52-57-62-67-72-83(4)5)107-89(94)75-70-65-60-54-49-45-26-23-20-17-14-11-8-3/h83-86,91H,6-82H2,1-5H3,(H,96,97)(H,98,99)/t84-,85-,86-/m1/s1. The van der Waals surface area contributed by atoms with Gasteiger partial charge in [-0.3, -0.25) is 37.3 Å². The average Bonchev–Trinajstić information content (AvgIpc) is 0.901. The molecule has 0 aliphatic heterocycles. The van der Waals surface area contributed by atoms with Crippen LogP contribution in [0.1, 0.15) is 490 Å². The molecule has 0 aromatic rings. The van der Waals surface area contributed by atoms with Crippen LogP contribution in [0.5, 0.6) is 0 Å². The molecular formula is C90H176O17P2. The predicted molar refractivity (Wildman–Crippen MR) is 451 cm³/mol. The lowest BCUT2D eigenvalue weighted by Gasteiger charge is -2.21. The van der Waals surface area contributed by atoms with E-state index in [-0.39, 0.29) is 25.7 Å². The van der Waals surface area contributed by atoms with Crippen molar-refractivity contribution in [2.75, 3.05) is 39.6 Å². The van der Waals surface area contributed by atoms with Gasteiger partial charge in [0, 0.05) is 25.7 Å². The van der Waals surface area contributed by atoms with Gasteiger partial charge in [0.15, 0.2) is 12.2 Å². The SMILES string of the molecule is CCCCCCCCCCCCCCCCCCCCCCCCC(=O)OC[C@H](COP(=O)(O)OC[C@@H](O)COP(=O)(O)OC[C@@H](COC(=O)CCCCCCCCCCCC(C)C)OC(=O)CCCCCCCCCCCCCCC)OC(=O)CCCCCCCCCCCCCCCCCCCCCCCC. The van der Waals surface area contributed by atoms with Gasteiger partial charge in [0.25, 0.3) is 0 Å². The van der Waals surface area contributed by atoms with Crippen molar-refractivity contribution in [1.29, 1.82) is 0 Å². The highest BCUT2D eigenvalue weighted by atomic mass is 31.2. The minimum Gasteiger partial charge on any atom is -0.462 e. The van der Waals surface area contributed by atoms with Crippen LogP contribution < -0.4 is 0 Å². The van der Waals surface area contributed by atoms with E-state index >= 15 is 0 Å². The third-order valence-corrected chi connectivity index (χ3v) is 23.2. The Morgan fingerprint density at radius 2 is 0.422 bits per heavy atom. The van der Waals surface area contributed by atoms with Crippen molar-refractivity contribution in [1.82, 2.24) is 0 Å². The third-order valence-electron chi connectivity index (χ3n) is 21.3. The van der Waals surface area contributed by atoms with E-state index in [4.69, 9.17) is 37.0 Å². The first-order chi connectivity index (χ1) is 53.0. The van der Waals surface area contributed by atoms with Crippen LogP contribution in [-0.4, -0.2) is 96.7 Å². The number of hydrogen-bond acceptors (Lipinski definition) is 15. The molecule has 0 radical (unpaired) electrons. The van der Waals surface area contributed by atoms with Crippen molar-refractivity contribution in [2.45, 2.75) is 509 Å². The van der Waals surface area contributed by atoms with Crippen molar-refractivity contribution in [2.24, 2.45) is 5.92 Å². The normalized spacial score (nSPS) is 13.7. The van der Waals surface area contributed by atoms with Gasteiger partial charge >= 0.3 is 39.5 Å². The smallest absolute Gasteiger partial charge is 0.462 e. The highest BCUT2D eigenvalue weighted by molar-refractivity contribution is 7.47. The van der Waals surface area contributed by atoms with Crippen LogP contribution in [-0.2, 0) is 65.4 Å². The number of carbonyl (C=O) groups excluding carboxylic acids is 4. The molecule has 648 valence electrons. The summed E-state index contributed by atoms with van der Waals surface area (Å²) in [5, 5.41) is 10.7. The molecule has 0 spiro atoms. The molecule has 0 fully saturated rings. The van der Waals surface area contributed by atoms with Gasteiger partial charge in [0.1, 0.15) is 19.3 Å². The summed E-state index contributed by atoms with van der Waals surface area (Å²) in [5.41, 5.74) is 0. The quantitative estimate of drug-likeness (QED) is 0.0222. The second-order valence-corrected chi connectivity index (χ2v) is 35.7. The van der Waals surface area contributed by atoms with Gasteiger partial charge in [-0.15, -0.1) is 0 Å². The van der Waals surface area contributed by atoms with E-state index in [1.165, 1.54) is 315 Å². The van der Waals surface area contributed by atoms with E-state index in [0.717, 1.165) is 95.8 Å². The molecule has 0 aromatic heterocycles. The lowest BCUT2D eigenvalue weighted by atomic mass is 10.0. The van der Waals surface area contributed by atoms with E-state index in [1.807, 2.05) is 0 Å². The van der Waals surface area contributed by atoms with E-state index in [0.29, 0.717) is 25.7 Å². The van der Waals surface area contributed by atoms with Crippen LogP contribution in [0.15, 0.2) is 0 Å². The van der Waals surface area contributed by atoms with Gasteiger partial charge in [-0.1, -0.05) is 439 Å². The highest BCUT2D eigenvalue weighted by Crippen LogP contribution is 2.45. The molecule has 0 heterocycles. The molecular weight excluding hydrogens is 1410 g/mol. The number of ether oxygens (including phenoxy) is 4. The first-order valence-electron chi connectivity index (χ1n) is 46.6. The van der Waals surface area contributed by atoms with Crippen LogP contribution in [0.2, 0.25) is 0 Å². The molecule has 2 unspecified atom stereocenters. The Balaban J connectivity index is 5.21. The van der Waals surface area contributed by atoms with E-state index in [2.05, 4.69) is 34.6 Å². The Hall–Kier alpha value is -1.94. The number of rotatable bonds is 90. The van der Waals surface area contributed by atoms with Crippen molar-refractivity contribution < 1.29 is 80.2 Å². The predicted octanol–water partition coefficient (Wildman–Crippen LogP) is 27.9. The van der Waals surface area contributed by atoms with Gasteiger partial charge in [-0.2, -0.15) is 0 Å². The molecule has 0 bridgehead atoms. The summed E-state index contributed by atoms with van der Waals surface area (Å²) in [6.45, 7) is 7.36. The minimum atomic E-state index is -4.97. The molecule has 0 aliphatic carbocycles. The molecule has 0 aromatic carbocycles. The van der Waals surface area contributed by atoms with Crippen molar-refractivity contribution >= 4 is 39.5 Å². The lowest BCUT2D eigenvalue weighted by molar-refractivity contribution is -0.161. The molecule has 0 saturated heterocycles. The molecule has 5 atom stereocenters. The maximum atomic E-state index is 13.2. The molecule has 0 saturated carbocycles. The Morgan fingerprint density at radius 1 is 0.248 bits per heavy atom. The lowest BCUT2D eigenvalue weighted by Crippen LogP contribution is -2.30. The number of phosphoric acid groups is 2. The van der Waals surface area contributed by atoms with Crippen molar-refractivity contribution in [3.63, 3.8) is 0 Å². The molecule has 19 heteroatoms. The van der Waals surface area contributed by atoms with Crippen LogP contribution in [0.4, 0.5) is 0 Å². The van der Waals surface area contributed by atoms with Gasteiger partial charge in [0.05, 0.1) is 26.4 Å². The van der Waals surface area contributed by atoms with Crippen molar-refractivity contribution in [3.8, 4) is 0 Å². The van der Waals surface area contributed by atoms with Crippen LogP contribution in [0.25, 0.3) is 0 Å². The zero-order valence-electron chi connectivity index (χ0n) is 71.7. The zero-order valence-corrected chi connectivity index (χ0v) is 73.5. The molecule has 109 heavy (non-hydrogen) atoms. The fourth-order valence-electron chi connectivity index (χ4n) is 14.2. The number of carbonyl (C=O) groups is 4. The number of aliphatic hydroxyl groups is 1. The zero-order chi connectivity index (χ0) is 79.7. The minimum absolute atomic E-state index is 0.108. The fraction of sp³-hybridized carbons (Fsp3) is 0.956. The highest BCUT2D eigenvalue weighted by Gasteiger charge is 2.31. The Kier molecular flexibility index (Phi) is 81.1. The summed E-state index contributed by atoms with van der Waals surface area (Å²) in [6, 6.07) is 0. The number of esters is 4. The molecule has 3 N–H and O–H groups in total. The first kappa shape index (κ1) is 107. The fourth-order valence-corrected chi connectivity index (χ4v) is 15.8. The molecule has 0 aliphatic rings. The molecule has 17 nitrogen and oxygen atoms in total. The number of aliphatic hydroxyl groups excluding tert-OH is 1. The number of phosphoric ester groups is 2. The first-order valence-corrected chi connectivity index (χ1v) is 49.6. The van der Waals surface area contributed by atoms with Gasteiger partial charge in [-0.25, -0.2) is 9.13 Å². The maximum absolute atomic E-state index is 13.2. The summed E-state index contributed by atoms with van der Waals surface area (Å²) in [5.74, 6) is -1.35. The summed E-state index contributed by atoms with van der Waals surface area (Å²) >= 11 is 0. The molecule has 0 amide bonds. The van der Waals surface area contributed by atoms with E-state index in [9.17, 15) is 43.2 Å². The topological polar surface area (TPSA) is 237 Å². The summed E-state index contributed by atoms with van der Waals surface area (Å²) < 4.78 is 69.0. The van der Waals surface area contributed by atoms with Crippen LogP contribution >= 0.6 is 15.6 Å². The number of hydrogen-bond donors (Lipinski definition) is 3.